The van der Waals surface area contributed by atoms with E-state index in [4.69, 9.17) is 11.6 Å². The zero-order chi connectivity index (χ0) is 11.4. The number of aryl methyl sites for hydroxylation is 1. The Bertz CT molecular complexity index is 466. The molecule has 0 unspecified atom stereocenters. The molecule has 1 aromatic heterocycles. The summed E-state index contributed by atoms with van der Waals surface area (Å²) < 4.78 is 0. The molecule has 1 aromatic carbocycles. The van der Waals surface area contributed by atoms with Gasteiger partial charge in [0.15, 0.2) is 0 Å². The zero-order valence-corrected chi connectivity index (χ0v) is 9.83. The highest BCUT2D eigenvalue weighted by atomic mass is 35.5. The van der Waals surface area contributed by atoms with Crippen molar-refractivity contribution in [2.45, 2.75) is 12.8 Å². The molecule has 0 aliphatic carbocycles. The van der Waals surface area contributed by atoms with Crippen LogP contribution in [0.5, 0.6) is 0 Å². The summed E-state index contributed by atoms with van der Waals surface area (Å²) in [5.41, 5.74) is 3.27. The molecule has 0 amide bonds. The third-order valence-corrected chi connectivity index (χ3v) is 2.69. The summed E-state index contributed by atoms with van der Waals surface area (Å²) in [6.45, 7) is 2.03. The molecule has 82 valence electrons. The van der Waals surface area contributed by atoms with Crippen LogP contribution < -0.4 is 5.32 Å². The van der Waals surface area contributed by atoms with Crippen molar-refractivity contribution in [3.8, 4) is 0 Å². The van der Waals surface area contributed by atoms with Gasteiger partial charge in [-0.3, -0.25) is 0 Å². The smallest absolute Gasteiger partial charge is 0.133 e. The van der Waals surface area contributed by atoms with Crippen molar-refractivity contribution >= 4 is 23.1 Å². The summed E-state index contributed by atoms with van der Waals surface area (Å²) in [6.07, 6.45) is 1.78. The minimum atomic E-state index is 0.545. The van der Waals surface area contributed by atoms with Gasteiger partial charge in [-0.05, 0) is 36.2 Å². The van der Waals surface area contributed by atoms with E-state index in [1.165, 1.54) is 0 Å². The number of anilines is 2. The second kappa shape index (κ2) is 4.99. The molecule has 0 atom stereocenters. The zero-order valence-electron chi connectivity index (χ0n) is 9.07. The van der Waals surface area contributed by atoms with Crippen LogP contribution in [0.15, 0.2) is 42.6 Å². The summed E-state index contributed by atoms with van der Waals surface area (Å²) in [7, 11) is 0. The van der Waals surface area contributed by atoms with Gasteiger partial charge in [-0.15, -0.1) is 11.6 Å². The first-order valence-corrected chi connectivity index (χ1v) is 5.66. The third kappa shape index (κ3) is 2.52. The Kier molecular flexibility index (Phi) is 3.42. The molecular weight excluding hydrogens is 220 g/mol. The Morgan fingerprint density at radius 1 is 1.19 bits per heavy atom. The molecule has 0 saturated heterocycles. The monoisotopic (exact) mass is 232 g/mol. The van der Waals surface area contributed by atoms with Crippen LogP contribution in [0.25, 0.3) is 0 Å². The topological polar surface area (TPSA) is 24.9 Å². The fourth-order valence-corrected chi connectivity index (χ4v) is 1.61. The molecule has 0 fully saturated rings. The molecule has 0 aliphatic heterocycles. The summed E-state index contributed by atoms with van der Waals surface area (Å²) >= 11 is 5.73. The van der Waals surface area contributed by atoms with E-state index >= 15 is 0 Å². The van der Waals surface area contributed by atoms with Crippen molar-refractivity contribution in [3.05, 3.63) is 53.7 Å². The molecule has 0 spiro atoms. The van der Waals surface area contributed by atoms with E-state index in [-0.39, 0.29) is 0 Å². The summed E-state index contributed by atoms with van der Waals surface area (Å²) in [4.78, 5) is 4.28. The Balaban J connectivity index is 2.18. The van der Waals surface area contributed by atoms with Gasteiger partial charge in [-0.25, -0.2) is 4.98 Å². The van der Waals surface area contributed by atoms with Gasteiger partial charge in [0.2, 0.25) is 0 Å². The number of hydrogen-bond acceptors (Lipinski definition) is 2. The number of rotatable bonds is 3. The fraction of sp³-hybridized carbons (Fsp3) is 0.154. The number of hydrogen-bond donors (Lipinski definition) is 1. The SMILES string of the molecule is Cc1cccnc1Nc1ccc(CCl)cc1. The summed E-state index contributed by atoms with van der Waals surface area (Å²) in [6, 6.07) is 12.0. The molecule has 0 bridgehead atoms. The van der Waals surface area contributed by atoms with Crippen molar-refractivity contribution in [3.63, 3.8) is 0 Å². The fourth-order valence-electron chi connectivity index (χ4n) is 1.43. The van der Waals surface area contributed by atoms with E-state index in [0.29, 0.717) is 5.88 Å². The van der Waals surface area contributed by atoms with Crippen molar-refractivity contribution in [1.82, 2.24) is 4.98 Å². The molecule has 16 heavy (non-hydrogen) atoms. The Labute approximate surface area is 100 Å². The first-order chi connectivity index (χ1) is 7.79. The molecule has 0 radical (unpaired) electrons. The second-order valence-corrected chi connectivity index (χ2v) is 3.89. The number of pyridine rings is 1. The molecule has 0 aliphatic rings. The van der Waals surface area contributed by atoms with Gasteiger partial charge >= 0.3 is 0 Å². The van der Waals surface area contributed by atoms with Gasteiger partial charge in [0, 0.05) is 17.8 Å². The molecular formula is C13H13ClN2. The first kappa shape index (κ1) is 11.0. The Morgan fingerprint density at radius 2 is 1.94 bits per heavy atom. The molecule has 1 N–H and O–H groups in total. The van der Waals surface area contributed by atoms with Crippen LogP contribution in [-0.4, -0.2) is 4.98 Å². The van der Waals surface area contributed by atoms with E-state index in [1.54, 1.807) is 6.20 Å². The van der Waals surface area contributed by atoms with Crippen LogP contribution in [0.3, 0.4) is 0 Å². The molecule has 2 rings (SSSR count). The quantitative estimate of drug-likeness (QED) is 0.813. The minimum absolute atomic E-state index is 0.545. The molecule has 3 heteroatoms. The Hall–Kier alpha value is -1.54. The van der Waals surface area contributed by atoms with Crippen LogP contribution in [0.2, 0.25) is 0 Å². The maximum Gasteiger partial charge on any atom is 0.133 e. The van der Waals surface area contributed by atoms with Crippen molar-refractivity contribution < 1.29 is 0 Å². The molecule has 2 aromatic rings. The van der Waals surface area contributed by atoms with E-state index in [0.717, 1.165) is 22.6 Å². The lowest BCUT2D eigenvalue weighted by molar-refractivity contribution is 1.25. The predicted octanol–water partition coefficient (Wildman–Crippen LogP) is 3.87. The molecule has 2 nitrogen and oxygen atoms in total. The van der Waals surface area contributed by atoms with Gasteiger partial charge in [0.25, 0.3) is 0 Å². The number of nitrogens with zero attached hydrogens (tertiary/aromatic N) is 1. The van der Waals surface area contributed by atoms with Gasteiger partial charge in [-0.2, -0.15) is 0 Å². The van der Waals surface area contributed by atoms with Crippen LogP contribution in [0.1, 0.15) is 11.1 Å². The van der Waals surface area contributed by atoms with Crippen molar-refractivity contribution in [2.75, 3.05) is 5.32 Å². The number of alkyl halides is 1. The highest BCUT2D eigenvalue weighted by molar-refractivity contribution is 6.17. The van der Waals surface area contributed by atoms with E-state index < -0.39 is 0 Å². The van der Waals surface area contributed by atoms with Gasteiger partial charge in [0.05, 0.1) is 0 Å². The average molecular weight is 233 g/mol. The van der Waals surface area contributed by atoms with Crippen LogP contribution in [-0.2, 0) is 5.88 Å². The van der Waals surface area contributed by atoms with Crippen molar-refractivity contribution in [1.29, 1.82) is 0 Å². The second-order valence-electron chi connectivity index (χ2n) is 3.62. The lowest BCUT2D eigenvalue weighted by atomic mass is 10.2. The minimum Gasteiger partial charge on any atom is -0.340 e. The number of halogens is 1. The molecule has 0 saturated carbocycles. The number of benzene rings is 1. The van der Waals surface area contributed by atoms with Crippen LogP contribution in [0.4, 0.5) is 11.5 Å². The third-order valence-electron chi connectivity index (χ3n) is 2.38. The maximum absolute atomic E-state index is 5.73. The number of nitrogens with one attached hydrogen (secondary N) is 1. The van der Waals surface area contributed by atoms with E-state index in [2.05, 4.69) is 10.3 Å². The average Bonchev–Trinajstić information content (AvgIpc) is 2.33. The largest absolute Gasteiger partial charge is 0.340 e. The maximum atomic E-state index is 5.73. The van der Waals surface area contributed by atoms with Crippen LogP contribution in [0, 0.1) is 6.92 Å². The van der Waals surface area contributed by atoms with Gasteiger partial charge in [0.1, 0.15) is 5.82 Å². The lowest BCUT2D eigenvalue weighted by Gasteiger charge is -2.08. The van der Waals surface area contributed by atoms with Gasteiger partial charge in [-0.1, -0.05) is 18.2 Å². The predicted molar refractivity (Wildman–Crippen MR) is 68.3 cm³/mol. The highest BCUT2D eigenvalue weighted by Gasteiger charge is 1.99. The van der Waals surface area contributed by atoms with Gasteiger partial charge < -0.3 is 5.32 Å². The van der Waals surface area contributed by atoms with E-state index in [9.17, 15) is 0 Å². The van der Waals surface area contributed by atoms with Crippen LogP contribution >= 0.6 is 11.6 Å². The molecule has 1 heterocycles. The van der Waals surface area contributed by atoms with Crippen molar-refractivity contribution in [2.24, 2.45) is 0 Å². The normalized spacial score (nSPS) is 10.1. The lowest BCUT2D eigenvalue weighted by Crippen LogP contribution is -1.95. The first-order valence-electron chi connectivity index (χ1n) is 5.13. The summed E-state index contributed by atoms with van der Waals surface area (Å²) in [5, 5.41) is 3.27. The Morgan fingerprint density at radius 3 is 2.56 bits per heavy atom. The summed E-state index contributed by atoms with van der Waals surface area (Å²) in [5.74, 6) is 1.43. The highest BCUT2D eigenvalue weighted by Crippen LogP contribution is 2.18. The standard InChI is InChI=1S/C13H13ClN2/c1-10-3-2-8-15-13(10)16-12-6-4-11(9-14)5-7-12/h2-8H,9H2,1H3,(H,15,16). The number of aromatic nitrogens is 1. The van der Waals surface area contributed by atoms with E-state index in [1.807, 2.05) is 43.3 Å².